The molecule has 6 nitrogen and oxygen atoms in total. The number of aliphatic carboxylic acids is 1. The summed E-state index contributed by atoms with van der Waals surface area (Å²) in [5.74, 6) is 0.887. The van der Waals surface area contributed by atoms with E-state index < -0.39 is 5.97 Å². The number of benzene rings is 1. The van der Waals surface area contributed by atoms with E-state index in [4.69, 9.17) is 9.84 Å². The summed E-state index contributed by atoms with van der Waals surface area (Å²) in [6.45, 7) is 1.87. The maximum atomic E-state index is 10.6. The highest BCUT2D eigenvalue weighted by atomic mass is 16.5. The van der Waals surface area contributed by atoms with Crippen molar-refractivity contribution in [3.05, 3.63) is 47.8 Å². The standard InChI is InChI=1S/C13H13N3O3/c1-9-14-11(7-13(17)18)16-12(15-9)8-19-10-5-3-2-4-6-10/h2-6H,7-8H2,1H3,(H,17,18). The number of aromatic nitrogens is 3. The zero-order valence-electron chi connectivity index (χ0n) is 10.4. The first kappa shape index (κ1) is 12.9. The maximum absolute atomic E-state index is 10.6. The predicted molar refractivity (Wildman–Crippen MR) is 66.7 cm³/mol. The van der Waals surface area contributed by atoms with Crippen molar-refractivity contribution in [1.29, 1.82) is 0 Å². The average Bonchev–Trinajstić information content (AvgIpc) is 2.36. The van der Waals surface area contributed by atoms with Gasteiger partial charge in [0.05, 0.1) is 0 Å². The highest BCUT2D eigenvalue weighted by molar-refractivity contribution is 5.68. The summed E-state index contributed by atoms with van der Waals surface area (Å²) in [5, 5.41) is 8.72. The van der Waals surface area contributed by atoms with Gasteiger partial charge in [0, 0.05) is 0 Å². The van der Waals surface area contributed by atoms with E-state index in [1.807, 2.05) is 30.3 Å². The number of nitrogens with zero attached hydrogens (tertiary/aromatic N) is 3. The molecule has 6 heteroatoms. The van der Waals surface area contributed by atoms with Gasteiger partial charge in [-0.1, -0.05) is 18.2 Å². The quantitative estimate of drug-likeness (QED) is 0.873. The van der Waals surface area contributed by atoms with Gasteiger partial charge >= 0.3 is 5.97 Å². The van der Waals surface area contributed by atoms with Crippen LogP contribution in [0.15, 0.2) is 30.3 Å². The zero-order chi connectivity index (χ0) is 13.7. The molecule has 0 bridgehead atoms. The van der Waals surface area contributed by atoms with E-state index in [2.05, 4.69) is 15.0 Å². The molecule has 0 amide bonds. The largest absolute Gasteiger partial charge is 0.486 e. The van der Waals surface area contributed by atoms with Crippen LogP contribution in [0.4, 0.5) is 0 Å². The molecule has 1 aromatic carbocycles. The Bertz CT molecular complexity index is 573. The van der Waals surface area contributed by atoms with Crippen molar-refractivity contribution in [3.63, 3.8) is 0 Å². The van der Waals surface area contributed by atoms with Crippen molar-refractivity contribution in [1.82, 2.24) is 15.0 Å². The Kier molecular flexibility index (Phi) is 4.02. The van der Waals surface area contributed by atoms with Crippen molar-refractivity contribution in [2.24, 2.45) is 0 Å². The number of rotatable bonds is 5. The van der Waals surface area contributed by atoms with Crippen LogP contribution in [0.25, 0.3) is 0 Å². The molecular weight excluding hydrogens is 246 g/mol. The predicted octanol–water partition coefficient (Wildman–Crippen LogP) is 1.39. The third-order valence-electron chi connectivity index (χ3n) is 2.26. The number of carboxylic acid groups (broad SMARTS) is 1. The number of ether oxygens (including phenoxy) is 1. The highest BCUT2D eigenvalue weighted by Crippen LogP contribution is 2.10. The number of hydrogen-bond acceptors (Lipinski definition) is 5. The van der Waals surface area contributed by atoms with Crippen LogP contribution in [0.1, 0.15) is 17.5 Å². The van der Waals surface area contributed by atoms with Crippen molar-refractivity contribution < 1.29 is 14.6 Å². The summed E-state index contributed by atoms with van der Waals surface area (Å²) < 4.78 is 5.51. The molecule has 1 heterocycles. The van der Waals surface area contributed by atoms with Gasteiger partial charge in [0.15, 0.2) is 5.82 Å². The molecule has 0 fully saturated rings. The second-order valence-electron chi connectivity index (χ2n) is 3.89. The minimum atomic E-state index is -0.972. The fourth-order valence-corrected chi connectivity index (χ4v) is 1.54. The van der Waals surface area contributed by atoms with Crippen LogP contribution in [0.3, 0.4) is 0 Å². The molecule has 0 radical (unpaired) electrons. The van der Waals surface area contributed by atoms with Gasteiger partial charge in [0.1, 0.15) is 30.4 Å². The molecule has 0 aliphatic heterocycles. The van der Waals surface area contributed by atoms with E-state index in [0.717, 1.165) is 0 Å². The molecule has 1 N–H and O–H groups in total. The molecule has 19 heavy (non-hydrogen) atoms. The van der Waals surface area contributed by atoms with E-state index in [0.29, 0.717) is 17.4 Å². The Morgan fingerprint density at radius 2 is 1.84 bits per heavy atom. The van der Waals surface area contributed by atoms with Crippen LogP contribution < -0.4 is 4.74 Å². The molecule has 2 rings (SSSR count). The fraction of sp³-hybridized carbons (Fsp3) is 0.231. The smallest absolute Gasteiger partial charge is 0.311 e. The molecular formula is C13H13N3O3. The van der Waals surface area contributed by atoms with Gasteiger partial charge < -0.3 is 9.84 Å². The van der Waals surface area contributed by atoms with E-state index in [1.54, 1.807) is 6.92 Å². The molecule has 0 unspecified atom stereocenters. The minimum Gasteiger partial charge on any atom is -0.486 e. The van der Waals surface area contributed by atoms with Crippen LogP contribution in [0, 0.1) is 6.92 Å². The zero-order valence-corrected chi connectivity index (χ0v) is 10.4. The maximum Gasteiger partial charge on any atom is 0.311 e. The second-order valence-corrected chi connectivity index (χ2v) is 3.89. The first-order valence-corrected chi connectivity index (χ1v) is 5.73. The van der Waals surface area contributed by atoms with Gasteiger partial charge in [-0.25, -0.2) is 15.0 Å². The van der Waals surface area contributed by atoms with Crippen molar-refractivity contribution in [3.8, 4) is 5.75 Å². The van der Waals surface area contributed by atoms with Gasteiger partial charge in [-0.05, 0) is 19.1 Å². The average molecular weight is 259 g/mol. The third-order valence-corrected chi connectivity index (χ3v) is 2.26. The van der Waals surface area contributed by atoms with Gasteiger partial charge in [0.25, 0.3) is 0 Å². The van der Waals surface area contributed by atoms with E-state index in [9.17, 15) is 4.79 Å². The normalized spacial score (nSPS) is 10.2. The Morgan fingerprint density at radius 1 is 1.16 bits per heavy atom. The summed E-state index contributed by atoms with van der Waals surface area (Å²) in [7, 11) is 0. The van der Waals surface area contributed by atoms with Crippen molar-refractivity contribution >= 4 is 5.97 Å². The van der Waals surface area contributed by atoms with Gasteiger partial charge in [-0.3, -0.25) is 4.79 Å². The monoisotopic (exact) mass is 259 g/mol. The summed E-state index contributed by atoms with van der Waals surface area (Å²) in [6.07, 6.45) is -0.221. The molecule has 1 aromatic heterocycles. The third kappa shape index (κ3) is 4.02. The lowest BCUT2D eigenvalue weighted by atomic mass is 10.3. The molecule has 0 saturated heterocycles. The summed E-state index contributed by atoms with van der Waals surface area (Å²) in [5.41, 5.74) is 0. The highest BCUT2D eigenvalue weighted by Gasteiger charge is 2.08. The van der Waals surface area contributed by atoms with E-state index in [1.165, 1.54) is 0 Å². The Labute approximate surface area is 110 Å². The number of carbonyl (C=O) groups is 1. The second kappa shape index (κ2) is 5.90. The van der Waals surface area contributed by atoms with Gasteiger partial charge in [-0.15, -0.1) is 0 Å². The fourth-order valence-electron chi connectivity index (χ4n) is 1.54. The Hall–Kier alpha value is -2.50. The van der Waals surface area contributed by atoms with Gasteiger partial charge in [0.2, 0.25) is 0 Å². The lowest BCUT2D eigenvalue weighted by Gasteiger charge is -2.06. The van der Waals surface area contributed by atoms with Crippen LogP contribution in [-0.4, -0.2) is 26.0 Å². The summed E-state index contributed by atoms with van der Waals surface area (Å²) >= 11 is 0. The summed E-state index contributed by atoms with van der Waals surface area (Å²) in [6, 6.07) is 9.27. The Morgan fingerprint density at radius 3 is 2.53 bits per heavy atom. The number of hydrogen-bond donors (Lipinski definition) is 1. The molecule has 0 aliphatic rings. The topological polar surface area (TPSA) is 85.2 Å². The SMILES string of the molecule is Cc1nc(COc2ccccc2)nc(CC(=O)O)n1. The minimum absolute atomic E-state index is 0.181. The first-order chi connectivity index (χ1) is 9.13. The number of carboxylic acids is 1. The van der Waals surface area contributed by atoms with E-state index >= 15 is 0 Å². The van der Waals surface area contributed by atoms with Crippen LogP contribution >= 0.6 is 0 Å². The van der Waals surface area contributed by atoms with E-state index in [-0.39, 0.29) is 18.9 Å². The van der Waals surface area contributed by atoms with Crippen molar-refractivity contribution in [2.45, 2.75) is 20.0 Å². The van der Waals surface area contributed by atoms with Crippen molar-refractivity contribution in [2.75, 3.05) is 0 Å². The Balaban J connectivity index is 2.07. The number of para-hydroxylation sites is 1. The molecule has 2 aromatic rings. The lowest BCUT2D eigenvalue weighted by molar-refractivity contribution is -0.136. The molecule has 0 saturated carbocycles. The molecule has 0 aliphatic carbocycles. The van der Waals surface area contributed by atoms with Crippen LogP contribution in [0.2, 0.25) is 0 Å². The first-order valence-electron chi connectivity index (χ1n) is 5.73. The molecule has 98 valence electrons. The number of aryl methyl sites for hydroxylation is 1. The van der Waals surface area contributed by atoms with Crippen LogP contribution in [0.5, 0.6) is 5.75 Å². The molecule has 0 spiro atoms. The van der Waals surface area contributed by atoms with Crippen LogP contribution in [-0.2, 0) is 17.8 Å². The van der Waals surface area contributed by atoms with Gasteiger partial charge in [-0.2, -0.15) is 0 Å². The summed E-state index contributed by atoms with van der Waals surface area (Å²) in [4.78, 5) is 22.8. The molecule has 0 atom stereocenters. The lowest BCUT2D eigenvalue weighted by Crippen LogP contribution is -2.11.